The summed E-state index contributed by atoms with van der Waals surface area (Å²) in [6, 6.07) is 7.89. The van der Waals surface area contributed by atoms with Gasteiger partial charge < -0.3 is 10.4 Å². The molecule has 0 radical (unpaired) electrons. The predicted octanol–water partition coefficient (Wildman–Crippen LogP) is 4.35. The van der Waals surface area contributed by atoms with Gasteiger partial charge in [0.25, 0.3) is 0 Å². The molecule has 100 valence electrons. The largest absolute Gasteiger partial charge is 0.503 e. The number of hydrogen-bond donors (Lipinski definition) is 2. The van der Waals surface area contributed by atoms with Gasteiger partial charge in [-0.05, 0) is 42.3 Å². The second kappa shape index (κ2) is 5.57. The minimum Gasteiger partial charge on any atom is -0.503 e. The zero-order chi connectivity index (χ0) is 14.0. The van der Waals surface area contributed by atoms with Crippen LogP contribution in [0, 0.1) is 18.6 Å². The number of nitrogens with one attached hydrogen (secondary N) is 1. The molecule has 2 rings (SSSR count). The highest BCUT2D eigenvalue weighted by Crippen LogP contribution is 2.25. The van der Waals surface area contributed by atoms with Crippen molar-refractivity contribution in [1.29, 1.82) is 0 Å². The molecule has 0 aliphatic heterocycles. The van der Waals surface area contributed by atoms with E-state index >= 15 is 0 Å². The lowest BCUT2D eigenvalue weighted by Crippen LogP contribution is -2.02. The third-order valence-electron chi connectivity index (χ3n) is 2.83. The highest BCUT2D eigenvalue weighted by atomic mass is 79.9. The quantitative estimate of drug-likeness (QED) is 0.878. The second-order valence-electron chi connectivity index (χ2n) is 4.17. The van der Waals surface area contributed by atoms with Crippen molar-refractivity contribution < 1.29 is 13.9 Å². The van der Waals surface area contributed by atoms with Crippen molar-refractivity contribution in [2.75, 3.05) is 5.32 Å². The van der Waals surface area contributed by atoms with Crippen molar-refractivity contribution in [3.05, 3.63) is 57.6 Å². The number of rotatable bonds is 3. The Morgan fingerprint density at radius 3 is 2.47 bits per heavy atom. The van der Waals surface area contributed by atoms with E-state index in [0.29, 0.717) is 5.56 Å². The SMILES string of the molecule is Cc1c(Br)cccc1NCc1cc(F)c(O)c(F)c1. The first-order valence-electron chi connectivity index (χ1n) is 5.65. The lowest BCUT2D eigenvalue weighted by atomic mass is 10.1. The molecular formula is C14H12BrF2NO. The molecule has 2 aromatic carbocycles. The average molecular weight is 328 g/mol. The van der Waals surface area contributed by atoms with Crippen molar-refractivity contribution in [2.45, 2.75) is 13.5 Å². The molecule has 0 fully saturated rings. The Labute approximate surface area is 118 Å². The maximum absolute atomic E-state index is 13.2. The summed E-state index contributed by atoms with van der Waals surface area (Å²) in [5.41, 5.74) is 2.32. The van der Waals surface area contributed by atoms with Gasteiger partial charge in [-0.25, -0.2) is 8.78 Å². The van der Waals surface area contributed by atoms with Crippen LogP contribution in [-0.2, 0) is 6.54 Å². The molecule has 0 aromatic heterocycles. The zero-order valence-corrected chi connectivity index (χ0v) is 11.8. The Balaban J connectivity index is 2.17. The predicted molar refractivity (Wildman–Crippen MR) is 74.2 cm³/mol. The summed E-state index contributed by atoms with van der Waals surface area (Å²) in [4.78, 5) is 0. The van der Waals surface area contributed by atoms with Crippen molar-refractivity contribution in [1.82, 2.24) is 0 Å². The molecule has 0 atom stereocenters. The smallest absolute Gasteiger partial charge is 0.187 e. The summed E-state index contributed by atoms with van der Waals surface area (Å²) in [5.74, 6) is -2.85. The maximum Gasteiger partial charge on any atom is 0.187 e. The van der Waals surface area contributed by atoms with Crippen molar-refractivity contribution in [2.24, 2.45) is 0 Å². The summed E-state index contributed by atoms with van der Waals surface area (Å²) in [5, 5.41) is 12.1. The highest BCUT2D eigenvalue weighted by Gasteiger charge is 2.09. The van der Waals surface area contributed by atoms with E-state index in [0.717, 1.165) is 27.9 Å². The van der Waals surface area contributed by atoms with Gasteiger partial charge in [0.15, 0.2) is 17.4 Å². The minimum atomic E-state index is -0.956. The Hall–Kier alpha value is -1.62. The van der Waals surface area contributed by atoms with Crippen LogP contribution in [0.2, 0.25) is 0 Å². The van der Waals surface area contributed by atoms with Crippen LogP contribution in [0.5, 0.6) is 5.75 Å². The van der Waals surface area contributed by atoms with Gasteiger partial charge >= 0.3 is 0 Å². The molecule has 0 bridgehead atoms. The van der Waals surface area contributed by atoms with E-state index in [1.54, 1.807) is 0 Å². The van der Waals surface area contributed by atoms with E-state index in [1.165, 1.54) is 0 Å². The van der Waals surface area contributed by atoms with E-state index in [-0.39, 0.29) is 6.54 Å². The summed E-state index contributed by atoms with van der Waals surface area (Å²) in [6.07, 6.45) is 0. The number of halogens is 3. The molecule has 19 heavy (non-hydrogen) atoms. The molecule has 0 saturated carbocycles. The number of anilines is 1. The number of benzene rings is 2. The third-order valence-corrected chi connectivity index (χ3v) is 3.69. The average Bonchev–Trinajstić information content (AvgIpc) is 2.37. The Kier molecular flexibility index (Phi) is 4.04. The molecular weight excluding hydrogens is 316 g/mol. The van der Waals surface area contributed by atoms with Crippen LogP contribution in [0.15, 0.2) is 34.8 Å². The number of phenolic OH excluding ortho intramolecular Hbond substituents is 1. The van der Waals surface area contributed by atoms with E-state index in [2.05, 4.69) is 21.2 Å². The monoisotopic (exact) mass is 327 g/mol. The molecule has 0 unspecified atom stereocenters. The van der Waals surface area contributed by atoms with Gasteiger partial charge in [-0.15, -0.1) is 0 Å². The van der Waals surface area contributed by atoms with Crippen LogP contribution < -0.4 is 5.32 Å². The van der Waals surface area contributed by atoms with Gasteiger partial charge in [0.05, 0.1) is 0 Å². The number of hydrogen-bond acceptors (Lipinski definition) is 2. The zero-order valence-electron chi connectivity index (χ0n) is 10.2. The molecule has 0 saturated heterocycles. The lowest BCUT2D eigenvalue weighted by Gasteiger charge is -2.11. The third kappa shape index (κ3) is 3.04. The fourth-order valence-corrected chi connectivity index (χ4v) is 2.08. The van der Waals surface area contributed by atoms with Gasteiger partial charge in [-0.1, -0.05) is 22.0 Å². The van der Waals surface area contributed by atoms with Crippen LogP contribution in [0.3, 0.4) is 0 Å². The van der Waals surface area contributed by atoms with Crippen molar-refractivity contribution in [3.63, 3.8) is 0 Å². The van der Waals surface area contributed by atoms with Crippen molar-refractivity contribution >= 4 is 21.6 Å². The fraction of sp³-hybridized carbons (Fsp3) is 0.143. The Morgan fingerprint density at radius 1 is 1.21 bits per heavy atom. The molecule has 2 nitrogen and oxygen atoms in total. The summed E-state index contributed by atoms with van der Waals surface area (Å²) < 4.78 is 27.3. The van der Waals surface area contributed by atoms with Crippen LogP contribution in [0.4, 0.5) is 14.5 Å². The standard InChI is InChI=1S/C14H12BrF2NO/c1-8-10(15)3-2-4-13(8)18-7-9-5-11(16)14(19)12(17)6-9/h2-6,18-19H,7H2,1H3. The van der Waals surface area contributed by atoms with Gasteiger partial charge in [0.1, 0.15) is 0 Å². The minimum absolute atomic E-state index is 0.269. The van der Waals surface area contributed by atoms with Crippen LogP contribution in [-0.4, -0.2) is 5.11 Å². The normalized spacial score (nSPS) is 10.5. The van der Waals surface area contributed by atoms with Crippen LogP contribution >= 0.6 is 15.9 Å². The molecule has 0 amide bonds. The fourth-order valence-electron chi connectivity index (χ4n) is 1.72. The lowest BCUT2D eigenvalue weighted by molar-refractivity contribution is 0.395. The van der Waals surface area contributed by atoms with E-state index in [1.807, 2.05) is 25.1 Å². The second-order valence-corrected chi connectivity index (χ2v) is 5.03. The number of phenols is 1. The first kappa shape index (κ1) is 13.8. The molecule has 2 aromatic rings. The van der Waals surface area contributed by atoms with Gasteiger partial charge in [0, 0.05) is 16.7 Å². The molecule has 2 N–H and O–H groups in total. The number of aromatic hydroxyl groups is 1. The van der Waals surface area contributed by atoms with Gasteiger partial charge in [-0.3, -0.25) is 0 Å². The Morgan fingerprint density at radius 2 is 1.84 bits per heavy atom. The maximum atomic E-state index is 13.2. The van der Waals surface area contributed by atoms with Crippen LogP contribution in [0.25, 0.3) is 0 Å². The summed E-state index contributed by atoms with van der Waals surface area (Å²) >= 11 is 3.41. The van der Waals surface area contributed by atoms with E-state index in [4.69, 9.17) is 5.11 Å². The summed E-state index contributed by atoms with van der Waals surface area (Å²) in [7, 11) is 0. The van der Waals surface area contributed by atoms with Gasteiger partial charge in [-0.2, -0.15) is 0 Å². The molecule has 0 aliphatic carbocycles. The topological polar surface area (TPSA) is 32.3 Å². The molecule has 5 heteroatoms. The molecule has 0 spiro atoms. The molecule has 0 heterocycles. The summed E-state index contributed by atoms with van der Waals surface area (Å²) in [6.45, 7) is 2.20. The van der Waals surface area contributed by atoms with Crippen molar-refractivity contribution in [3.8, 4) is 5.75 Å². The van der Waals surface area contributed by atoms with Crippen LogP contribution in [0.1, 0.15) is 11.1 Å². The Bertz CT molecular complexity index is 593. The highest BCUT2D eigenvalue weighted by molar-refractivity contribution is 9.10. The molecule has 0 aliphatic rings. The first-order valence-corrected chi connectivity index (χ1v) is 6.44. The van der Waals surface area contributed by atoms with E-state index < -0.39 is 17.4 Å². The first-order chi connectivity index (χ1) is 8.99. The van der Waals surface area contributed by atoms with E-state index in [9.17, 15) is 8.78 Å². The van der Waals surface area contributed by atoms with Gasteiger partial charge in [0.2, 0.25) is 0 Å².